The summed E-state index contributed by atoms with van der Waals surface area (Å²) in [6.45, 7) is 6.99. The Hall–Kier alpha value is -0.190. The zero-order chi connectivity index (χ0) is 7.49. The predicted octanol–water partition coefficient (Wildman–Crippen LogP) is 0.677. The lowest BCUT2D eigenvalue weighted by Crippen LogP contribution is -2.37. The van der Waals surface area contributed by atoms with Crippen LogP contribution in [0.3, 0.4) is 0 Å². The standard InChI is InChI=1S/C5H11NO2S/c1-4-5(2,3)6-9(7)8/h4,6H,1H2,2-3H3,(H,7,8). The maximum atomic E-state index is 10.1. The molecule has 54 valence electrons. The number of hydrogen-bond donors (Lipinski definition) is 2. The lowest BCUT2D eigenvalue weighted by atomic mass is 10.1. The van der Waals surface area contributed by atoms with E-state index in [1.165, 1.54) is 0 Å². The first-order chi connectivity index (χ1) is 3.98. The third-order valence-corrected chi connectivity index (χ3v) is 1.56. The Bertz CT molecular complexity index is 133. The van der Waals surface area contributed by atoms with Gasteiger partial charge in [0.2, 0.25) is 11.3 Å². The largest absolute Gasteiger partial charge is 0.294 e. The zero-order valence-electron chi connectivity index (χ0n) is 5.55. The molecule has 0 aliphatic carbocycles. The van der Waals surface area contributed by atoms with Gasteiger partial charge in [-0.15, -0.1) is 6.58 Å². The van der Waals surface area contributed by atoms with Crippen LogP contribution in [0.1, 0.15) is 13.8 Å². The van der Waals surface area contributed by atoms with E-state index in [0.717, 1.165) is 0 Å². The van der Waals surface area contributed by atoms with Gasteiger partial charge in [0, 0.05) is 5.54 Å². The lowest BCUT2D eigenvalue weighted by molar-refractivity contribution is 0.506. The maximum absolute atomic E-state index is 10.1. The Morgan fingerprint density at radius 3 is 2.33 bits per heavy atom. The van der Waals surface area contributed by atoms with Crippen molar-refractivity contribution in [1.82, 2.24) is 4.72 Å². The number of nitrogens with one attached hydrogen (secondary N) is 1. The van der Waals surface area contributed by atoms with E-state index >= 15 is 0 Å². The van der Waals surface area contributed by atoms with Gasteiger partial charge >= 0.3 is 0 Å². The summed E-state index contributed by atoms with van der Waals surface area (Å²) in [6.07, 6.45) is 1.57. The molecule has 1 unspecified atom stereocenters. The average molecular weight is 149 g/mol. The molecule has 0 saturated heterocycles. The van der Waals surface area contributed by atoms with Gasteiger partial charge in [-0.05, 0) is 13.8 Å². The van der Waals surface area contributed by atoms with Crippen LogP contribution in [-0.4, -0.2) is 14.3 Å². The van der Waals surface area contributed by atoms with Crippen molar-refractivity contribution >= 4 is 11.3 Å². The van der Waals surface area contributed by atoms with Gasteiger partial charge in [-0.25, -0.2) is 8.93 Å². The van der Waals surface area contributed by atoms with E-state index in [9.17, 15) is 4.21 Å². The predicted molar refractivity (Wildman–Crippen MR) is 38.2 cm³/mol. The Morgan fingerprint density at radius 2 is 2.22 bits per heavy atom. The lowest BCUT2D eigenvalue weighted by Gasteiger charge is -2.17. The zero-order valence-corrected chi connectivity index (χ0v) is 6.36. The van der Waals surface area contributed by atoms with E-state index in [-0.39, 0.29) is 0 Å². The summed E-state index contributed by atoms with van der Waals surface area (Å²) < 4.78 is 20.8. The summed E-state index contributed by atoms with van der Waals surface area (Å²) in [7, 11) is 0. The van der Waals surface area contributed by atoms with Crippen LogP contribution in [0, 0.1) is 0 Å². The summed E-state index contributed by atoms with van der Waals surface area (Å²) in [5.74, 6) is 0. The molecular weight excluding hydrogens is 138 g/mol. The van der Waals surface area contributed by atoms with Crippen molar-refractivity contribution in [2.45, 2.75) is 19.4 Å². The Kier molecular flexibility index (Phi) is 3.03. The molecule has 0 heterocycles. The highest BCUT2D eigenvalue weighted by molar-refractivity contribution is 7.77. The first-order valence-electron chi connectivity index (χ1n) is 2.50. The second kappa shape index (κ2) is 3.10. The van der Waals surface area contributed by atoms with E-state index in [2.05, 4.69) is 11.3 Å². The van der Waals surface area contributed by atoms with Gasteiger partial charge in [0.25, 0.3) is 0 Å². The van der Waals surface area contributed by atoms with Crippen molar-refractivity contribution in [2.75, 3.05) is 0 Å². The topological polar surface area (TPSA) is 49.3 Å². The molecule has 3 nitrogen and oxygen atoms in total. The van der Waals surface area contributed by atoms with Gasteiger partial charge in [-0.2, -0.15) is 0 Å². The molecule has 1 atom stereocenters. The van der Waals surface area contributed by atoms with Crippen LogP contribution in [-0.2, 0) is 11.3 Å². The summed E-state index contributed by atoms with van der Waals surface area (Å²) in [5.41, 5.74) is -0.473. The average Bonchev–Trinajstić information content (AvgIpc) is 1.63. The smallest absolute Gasteiger partial charge is 0.232 e. The molecule has 0 rings (SSSR count). The van der Waals surface area contributed by atoms with Crippen LogP contribution < -0.4 is 4.72 Å². The molecule has 2 N–H and O–H groups in total. The fourth-order valence-corrected chi connectivity index (χ4v) is 0.800. The molecule has 0 fully saturated rings. The van der Waals surface area contributed by atoms with Gasteiger partial charge in [0.15, 0.2) is 0 Å². The molecule has 0 aliphatic rings. The first-order valence-corrected chi connectivity index (χ1v) is 3.61. The summed E-state index contributed by atoms with van der Waals surface area (Å²) in [6, 6.07) is 0. The third-order valence-electron chi connectivity index (χ3n) is 0.861. The first kappa shape index (κ1) is 8.81. The molecule has 0 spiro atoms. The number of rotatable bonds is 3. The monoisotopic (exact) mass is 149 g/mol. The highest BCUT2D eigenvalue weighted by Gasteiger charge is 2.13. The van der Waals surface area contributed by atoms with E-state index < -0.39 is 16.8 Å². The molecule has 0 aromatic carbocycles. The Labute approximate surface area is 57.6 Å². The van der Waals surface area contributed by atoms with Gasteiger partial charge in [0.1, 0.15) is 0 Å². The number of hydrogen-bond acceptors (Lipinski definition) is 1. The van der Waals surface area contributed by atoms with E-state index in [4.69, 9.17) is 4.55 Å². The maximum Gasteiger partial charge on any atom is 0.232 e. The molecule has 4 heteroatoms. The second-order valence-electron chi connectivity index (χ2n) is 2.28. The minimum atomic E-state index is -1.96. The van der Waals surface area contributed by atoms with Gasteiger partial charge in [0.05, 0.1) is 0 Å². The molecule has 0 aromatic heterocycles. The minimum Gasteiger partial charge on any atom is -0.294 e. The summed E-state index contributed by atoms with van der Waals surface area (Å²) >= 11 is -1.96. The third kappa shape index (κ3) is 4.32. The highest BCUT2D eigenvalue weighted by atomic mass is 32.2. The van der Waals surface area contributed by atoms with Crippen molar-refractivity contribution in [3.63, 3.8) is 0 Å². The van der Waals surface area contributed by atoms with Crippen LogP contribution in [0.5, 0.6) is 0 Å². The SMILES string of the molecule is C=CC(C)(C)NS(=O)O. The van der Waals surface area contributed by atoms with Gasteiger partial charge in [-0.1, -0.05) is 6.08 Å². The van der Waals surface area contributed by atoms with Gasteiger partial charge in [-0.3, -0.25) is 4.55 Å². The van der Waals surface area contributed by atoms with E-state index in [0.29, 0.717) is 0 Å². The van der Waals surface area contributed by atoms with E-state index in [1.807, 2.05) is 0 Å². The molecule has 0 aromatic rings. The van der Waals surface area contributed by atoms with Crippen LogP contribution >= 0.6 is 0 Å². The minimum absolute atomic E-state index is 0.473. The molecule has 0 bridgehead atoms. The van der Waals surface area contributed by atoms with Crippen molar-refractivity contribution in [1.29, 1.82) is 0 Å². The van der Waals surface area contributed by atoms with E-state index in [1.54, 1.807) is 19.9 Å². The molecule has 0 amide bonds. The second-order valence-corrected chi connectivity index (χ2v) is 2.98. The van der Waals surface area contributed by atoms with Gasteiger partial charge < -0.3 is 0 Å². The fourth-order valence-electron chi connectivity index (χ4n) is 0.267. The van der Waals surface area contributed by atoms with Crippen molar-refractivity contribution in [2.24, 2.45) is 0 Å². The van der Waals surface area contributed by atoms with Crippen molar-refractivity contribution in [3.05, 3.63) is 12.7 Å². The van der Waals surface area contributed by atoms with Crippen molar-refractivity contribution in [3.8, 4) is 0 Å². The molecule has 0 saturated carbocycles. The Morgan fingerprint density at radius 1 is 1.78 bits per heavy atom. The molecular formula is C5H11NO2S. The normalized spacial score (nSPS) is 15.0. The van der Waals surface area contributed by atoms with Crippen molar-refractivity contribution < 1.29 is 8.76 Å². The van der Waals surface area contributed by atoms with Crippen LogP contribution in [0.4, 0.5) is 0 Å². The van der Waals surface area contributed by atoms with Crippen LogP contribution in [0.25, 0.3) is 0 Å². The quantitative estimate of drug-likeness (QED) is 0.458. The van der Waals surface area contributed by atoms with Crippen LogP contribution in [0.15, 0.2) is 12.7 Å². The van der Waals surface area contributed by atoms with Crippen LogP contribution in [0.2, 0.25) is 0 Å². The summed E-state index contributed by atoms with van der Waals surface area (Å²) in [5, 5.41) is 0. The fraction of sp³-hybridized carbons (Fsp3) is 0.600. The highest BCUT2D eigenvalue weighted by Crippen LogP contribution is 2.01. The molecule has 0 radical (unpaired) electrons. The Balaban J connectivity index is 3.86. The molecule has 0 aliphatic heterocycles. The summed E-state index contributed by atoms with van der Waals surface area (Å²) in [4.78, 5) is 0. The molecule has 9 heavy (non-hydrogen) atoms.